The molecule has 2 heterocycles. The molecule has 0 unspecified atom stereocenters. The summed E-state index contributed by atoms with van der Waals surface area (Å²) in [5.41, 5.74) is 3.05. The molecule has 0 saturated heterocycles. The second-order valence-electron chi connectivity index (χ2n) is 6.82. The standard InChI is InChI=1S/C21H21N3O2/c1-14-7-3-4-8-18(14)23(2)20(25)15-10-11-16-17(13-15)22-19-9-5-6-12-24(19)21(16)26/h3-4,7-8,10-11,13H,5-6,9,12H2,1-2H3. The molecule has 26 heavy (non-hydrogen) atoms. The smallest absolute Gasteiger partial charge is 0.261 e. The molecule has 132 valence electrons. The number of anilines is 1. The second kappa shape index (κ2) is 6.41. The predicted octanol–water partition coefficient (Wildman–Crippen LogP) is 3.32. The first-order valence-corrected chi connectivity index (χ1v) is 8.93. The van der Waals surface area contributed by atoms with E-state index >= 15 is 0 Å². The van der Waals surface area contributed by atoms with Crippen molar-refractivity contribution in [3.8, 4) is 0 Å². The molecular formula is C21H21N3O2. The molecule has 1 amide bonds. The van der Waals surface area contributed by atoms with Gasteiger partial charge in [0.2, 0.25) is 0 Å². The van der Waals surface area contributed by atoms with Crippen molar-refractivity contribution in [1.29, 1.82) is 0 Å². The molecule has 0 aliphatic carbocycles. The van der Waals surface area contributed by atoms with Crippen molar-refractivity contribution in [2.75, 3.05) is 11.9 Å². The fourth-order valence-corrected chi connectivity index (χ4v) is 3.62. The van der Waals surface area contributed by atoms with Crippen molar-refractivity contribution in [3.63, 3.8) is 0 Å². The zero-order chi connectivity index (χ0) is 18.3. The highest BCUT2D eigenvalue weighted by molar-refractivity contribution is 6.07. The maximum atomic E-state index is 12.9. The van der Waals surface area contributed by atoms with Gasteiger partial charge in [-0.25, -0.2) is 4.98 Å². The Balaban J connectivity index is 1.77. The Kier molecular flexibility index (Phi) is 4.07. The Labute approximate surface area is 151 Å². The number of hydrogen-bond donors (Lipinski definition) is 0. The molecule has 5 heteroatoms. The van der Waals surface area contributed by atoms with Crippen LogP contribution in [0.3, 0.4) is 0 Å². The van der Waals surface area contributed by atoms with Crippen LogP contribution in [0, 0.1) is 6.92 Å². The lowest BCUT2D eigenvalue weighted by Gasteiger charge is -2.20. The average molecular weight is 347 g/mol. The number of rotatable bonds is 2. The van der Waals surface area contributed by atoms with E-state index < -0.39 is 0 Å². The summed E-state index contributed by atoms with van der Waals surface area (Å²) in [7, 11) is 1.77. The van der Waals surface area contributed by atoms with Crippen molar-refractivity contribution in [3.05, 3.63) is 69.8 Å². The van der Waals surface area contributed by atoms with Crippen LogP contribution < -0.4 is 10.5 Å². The van der Waals surface area contributed by atoms with Gasteiger partial charge < -0.3 is 4.90 Å². The predicted molar refractivity (Wildman–Crippen MR) is 103 cm³/mol. The molecule has 0 atom stereocenters. The monoisotopic (exact) mass is 347 g/mol. The third kappa shape index (κ3) is 2.69. The summed E-state index contributed by atoms with van der Waals surface area (Å²) < 4.78 is 1.77. The van der Waals surface area contributed by atoms with Crippen LogP contribution in [0.5, 0.6) is 0 Å². The van der Waals surface area contributed by atoms with Gasteiger partial charge in [-0.2, -0.15) is 0 Å². The Morgan fingerprint density at radius 2 is 1.96 bits per heavy atom. The summed E-state index contributed by atoms with van der Waals surface area (Å²) in [6.07, 6.45) is 2.87. The van der Waals surface area contributed by atoms with E-state index in [1.165, 1.54) is 0 Å². The van der Waals surface area contributed by atoms with Gasteiger partial charge in [0.25, 0.3) is 11.5 Å². The molecule has 1 aliphatic rings. The molecule has 0 fully saturated rings. The van der Waals surface area contributed by atoms with Gasteiger partial charge in [-0.3, -0.25) is 14.2 Å². The first-order chi connectivity index (χ1) is 12.6. The van der Waals surface area contributed by atoms with Gasteiger partial charge in [-0.05, 0) is 49.6 Å². The first kappa shape index (κ1) is 16.5. The third-order valence-electron chi connectivity index (χ3n) is 5.09. The minimum atomic E-state index is -0.110. The SMILES string of the molecule is Cc1ccccc1N(C)C(=O)c1ccc2c(=O)n3c(nc2c1)CCCC3. The number of aromatic nitrogens is 2. The topological polar surface area (TPSA) is 55.2 Å². The van der Waals surface area contributed by atoms with Gasteiger partial charge in [0.15, 0.2) is 0 Å². The maximum absolute atomic E-state index is 12.9. The van der Waals surface area contributed by atoms with Crippen LogP contribution in [-0.4, -0.2) is 22.5 Å². The van der Waals surface area contributed by atoms with Crippen LogP contribution in [0.25, 0.3) is 10.9 Å². The molecule has 5 nitrogen and oxygen atoms in total. The van der Waals surface area contributed by atoms with Crippen molar-refractivity contribution < 1.29 is 4.79 Å². The van der Waals surface area contributed by atoms with Gasteiger partial charge >= 0.3 is 0 Å². The van der Waals surface area contributed by atoms with E-state index in [1.54, 1.807) is 34.7 Å². The molecule has 0 saturated carbocycles. The number of carbonyl (C=O) groups excluding carboxylic acids is 1. The molecule has 0 radical (unpaired) electrons. The van der Waals surface area contributed by atoms with Crippen LogP contribution in [-0.2, 0) is 13.0 Å². The Hall–Kier alpha value is -2.95. The van der Waals surface area contributed by atoms with Gasteiger partial charge in [0, 0.05) is 31.3 Å². The fourth-order valence-electron chi connectivity index (χ4n) is 3.62. The fraction of sp³-hybridized carbons (Fsp3) is 0.286. The largest absolute Gasteiger partial charge is 0.311 e. The molecule has 1 aromatic heterocycles. The van der Waals surface area contributed by atoms with Gasteiger partial charge in [-0.1, -0.05) is 18.2 Å². The van der Waals surface area contributed by atoms with E-state index in [0.717, 1.165) is 42.9 Å². The van der Waals surface area contributed by atoms with Crippen molar-refractivity contribution in [2.24, 2.45) is 0 Å². The summed E-state index contributed by atoms with van der Waals surface area (Å²) in [5.74, 6) is 0.714. The zero-order valence-corrected chi connectivity index (χ0v) is 15.0. The van der Waals surface area contributed by atoms with Crippen LogP contribution in [0.2, 0.25) is 0 Å². The summed E-state index contributed by atoms with van der Waals surface area (Å²) in [6.45, 7) is 2.71. The number of amides is 1. The minimum absolute atomic E-state index is 0.00374. The minimum Gasteiger partial charge on any atom is -0.311 e. The van der Waals surface area contributed by atoms with E-state index in [-0.39, 0.29) is 11.5 Å². The highest BCUT2D eigenvalue weighted by atomic mass is 16.2. The lowest BCUT2D eigenvalue weighted by atomic mass is 10.1. The molecule has 0 bridgehead atoms. The molecule has 0 spiro atoms. The number of hydrogen-bond acceptors (Lipinski definition) is 3. The quantitative estimate of drug-likeness (QED) is 0.715. The molecule has 1 aliphatic heterocycles. The van der Waals surface area contributed by atoms with Crippen LogP contribution >= 0.6 is 0 Å². The first-order valence-electron chi connectivity index (χ1n) is 8.93. The third-order valence-corrected chi connectivity index (χ3v) is 5.09. The van der Waals surface area contributed by atoms with Crippen molar-refractivity contribution >= 4 is 22.5 Å². The van der Waals surface area contributed by atoms with Crippen LogP contribution in [0.4, 0.5) is 5.69 Å². The molecule has 0 N–H and O–H groups in total. The van der Waals surface area contributed by atoms with Crippen LogP contribution in [0.1, 0.15) is 34.6 Å². The van der Waals surface area contributed by atoms with E-state index in [4.69, 9.17) is 0 Å². The summed E-state index contributed by atoms with van der Waals surface area (Å²) in [4.78, 5) is 31.9. The normalized spacial score (nSPS) is 13.5. The number of nitrogens with zero attached hydrogens (tertiary/aromatic N) is 3. The maximum Gasteiger partial charge on any atom is 0.261 e. The molecule has 2 aromatic carbocycles. The number of aryl methyl sites for hydroxylation is 2. The van der Waals surface area contributed by atoms with Crippen LogP contribution in [0.15, 0.2) is 47.3 Å². The van der Waals surface area contributed by atoms with Gasteiger partial charge in [-0.15, -0.1) is 0 Å². The lowest BCUT2D eigenvalue weighted by molar-refractivity contribution is 0.0993. The zero-order valence-electron chi connectivity index (χ0n) is 15.0. The van der Waals surface area contributed by atoms with E-state index in [1.807, 2.05) is 31.2 Å². The highest BCUT2D eigenvalue weighted by Gasteiger charge is 2.18. The summed E-state index contributed by atoms with van der Waals surface area (Å²) >= 11 is 0. The van der Waals surface area contributed by atoms with Gasteiger partial charge in [0.05, 0.1) is 10.9 Å². The lowest BCUT2D eigenvalue weighted by Crippen LogP contribution is -2.29. The summed E-state index contributed by atoms with van der Waals surface area (Å²) in [5, 5.41) is 0.575. The number of carbonyl (C=O) groups is 1. The van der Waals surface area contributed by atoms with Crippen molar-refractivity contribution in [2.45, 2.75) is 32.7 Å². The van der Waals surface area contributed by atoms with Gasteiger partial charge in [0.1, 0.15) is 5.82 Å². The molecular weight excluding hydrogens is 326 g/mol. The molecule has 3 aromatic rings. The number of benzene rings is 2. The van der Waals surface area contributed by atoms with Crippen molar-refractivity contribution in [1.82, 2.24) is 9.55 Å². The van der Waals surface area contributed by atoms with E-state index in [0.29, 0.717) is 16.5 Å². The molecule has 4 rings (SSSR count). The average Bonchev–Trinajstić information content (AvgIpc) is 2.67. The number of fused-ring (bicyclic) bond motifs is 2. The van der Waals surface area contributed by atoms with E-state index in [2.05, 4.69) is 4.98 Å². The summed E-state index contributed by atoms with van der Waals surface area (Å²) in [6, 6.07) is 13.0. The number of para-hydroxylation sites is 1. The highest BCUT2D eigenvalue weighted by Crippen LogP contribution is 2.22. The Bertz CT molecular complexity index is 1070. The Morgan fingerprint density at radius 3 is 2.77 bits per heavy atom. The Morgan fingerprint density at radius 1 is 1.15 bits per heavy atom. The van der Waals surface area contributed by atoms with E-state index in [9.17, 15) is 9.59 Å². The second-order valence-corrected chi connectivity index (χ2v) is 6.82.